The molecular formula is C62H114O6. The van der Waals surface area contributed by atoms with E-state index < -0.39 is 6.10 Å². The summed E-state index contributed by atoms with van der Waals surface area (Å²) in [4.78, 5) is 37.9. The van der Waals surface area contributed by atoms with Crippen molar-refractivity contribution in [1.29, 1.82) is 0 Å². The smallest absolute Gasteiger partial charge is 0.306 e. The molecule has 0 fully saturated rings. The van der Waals surface area contributed by atoms with Gasteiger partial charge in [0.05, 0.1) is 0 Å². The van der Waals surface area contributed by atoms with Gasteiger partial charge in [0, 0.05) is 19.3 Å². The Kier molecular flexibility index (Phi) is 55.2. The van der Waals surface area contributed by atoms with Gasteiger partial charge in [0.25, 0.3) is 0 Å². The lowest BCUT2D eigenvalue weighted by Crippen LogP contribution is -2.30. The van der Waals surface area contributed by atoms with Gasteiger partial charge in [0.1, 0.15) is 13.2 Å². The average Bonchev–Trinajstić information content (AvgIpc) is 3.34. The van der Waals surface area contributed by atoms with E-state index in [4.69, 9.17) is 14.2 Å². The summed E-state index contributed by atoms with van der Waals surface area (Å²) in [6, 6.07) is 0. The van der Waals surface area contributed by atoms with Crippen molar-refractivity contribution in [2.75, 3.05) is 13.2 Å². The fourth-order valence-corrected chi connectivity index (χ4v) is 8.86. The van der Waals surface area contributed by atoms with Crippen molar-refractivity contribution in [3.05, 3.63) is 36.5 Å². The van der Waals surface area contributed by atoms with E-state index in [0.29, 0.717) is 19.3 Å². The number of allylic oxidation sites excluding steroid dienone is 6. The molecule has 1 unspecified atom stereocenters. The highest BCUT2D eigenvalue weighted by Crippen LogP contribution is 2.17. The number of carbonyl (C=O) groups excluding carboxylic acids is 3. The molecule has 398 valence electrons. The van der Waals surface area contributed by atoms with Crippen molar-refractivity contribution >= 4 is 17.9 Å². The van der Waals surface area contributed by atoms with Crippen LogP contribution >= 0.6 is 0 Å². The molecule has 0 aromatic carbocycles. The van der Waals surface area contributed by atoms with E-state index in [2.05, 4.69) is 57.2 Å². The minimum Gasteiger partial charge on any atom is -0.462 e. The molecule has 0 aromatic rings. The fraction of sp³-hybridized carbons (Fsp3) is 0.855. The van der Waals surface area contributed by atoms with Gasteiger partial charge in [-0.1, -0.05) is 282 Å². The van der Waals surface area contributed by atoms with Crippen LogP contribution in [0.4, 0.5) is 0 Å². The first-order chi connectivity index (χ1) is 33.5. The summed E-state index contributed by atoms with van der Waals surface area (Å²) >= 11 is 0. The zero-order chi connectivity index (χ0) is 49.3. The number of carbonyl (C=O) groups is 3. The van der Waals surface area contributed by atoms with Crippen molar-refractivity contribution in [2.45, 2.75) is 329 Å². The van der Waals surface area contributed by atoms with Gasteiger partial charge in [-0.15, -0.1) is 0 Å². The topological polar surface area (TPSA) is 78.9 Å². The van der Waals surface area contributed by atoms with Crippen LogP contribution in [0.25, 0.3) is 0 Å². The van der Waals surface area contributed by atoms with E-state index in [1.54, 1.807) is 0 Å². The molecule has 0 radical (unpaired) electrons. The molecule has 0 bridgehead atoms. The third-order valence-electron chi connectivity index (χ3n) is 13.4. The molecule has 0 saturated heterocycles. The molecule has 6 heteroatoms. The molecule has 0 amide bonds. The van der Waals surface area contributed by atoms with E-state index in [1.807, 2.05) is 0 Å². The lowest BCUT2D eigenvalue weighted by molar-refractivity contribution is -0.167. The summed E-state index contributed by atoms with van der Waals surface area (Å²) in [5.74, 6) is -0.861. The lowest BCUT2D eigenvalue weighted by Gasteiger charge is -2.18. The Morgan fingerprint density at radius 3 is 0.824 bits per heavy atom. The second kappa shape index (κ2) is 57.2. The lowest BCUT2D eigenvalue weighted by atomic mass is 10.0. The first-order valence-corrected chi connectivity index (χ1v) is 30.0. The Morgan fingerprint density at radius 1 is 0.294 bits per heavy atom. The van der Waals surface area contributed by atoms with Gasteiger partial charge in [-0.25, -0.2) is 0 Å². The Balaban J connectivity index is 4.01. The van der Waals surface area contributed by atoms with Crippen molar-refractivity contribution in [2.24, 2.45) is 0 Å². The van der Waals surface area contributed by atoms with Crippen LogP contribution in [-0.4, -0.2) is 37.2 Å². The highest BCUT2D eigenvalue weighted by molar-refractivity contribution is 5.71. The van der Waals surface area contributed by atoms with Crippen LogP contribution in [-0.2, 0) is 28.6 Å². The number of hydrogen-bond acceptors (Lipinski definition) is 6. The molecule has 0 aromatic heterocycles. The summed E-state index contributed by atoms with van der Waals surface area (Å²) in [6.07, 6.45) is 69.0. The van der Waals surface area contributed by atoms with Crippen molar-refractivity contribution in [3.8, 4) is 0 Å². The minimum absolute atomic E-state index is 0.0678. The molecule has 0 heterocycles. The van der Waals surface area contributed by atoms with Crippen LogP contribution in [0.3, 0.4) is 0 Å². The third-order valence-corrected chi connectivity index (χ3v) is 13.4. The Bertz CT molecular complexity index is 1140. The first-order valence-electron chi connectivity index (χ1n) is 30.0. The summed E-state index contributed by atoms with van der Waals surface area (Å²) in [6.45, 7) is 6.61. The van der Waals surface area contributed by atoms with E-state index in [-0.39, 0.29) is 31.1 Å². The van der Waals surface area contributed by atoms with Gasteiger partial charge in [-0.2, -0.15) is 0 Å². The predicted molar refractivity (Wildman–Crippen MR) is 293 cm³/mol. The highest BCUT2D eigenvalue weighted by Gasteiger charge is 2.19. The van der Waals surface area contributed by atoms with Crippen LogP contribution in [0.15, 0.2) is 36.5 Å². The summed E-state index contributed by atoms with van der Waals surface area (Å²) in [5, 5.41) is 0. The molecule has 0 rings (SSSR count). The molecule has 1 atom stereocenters. The molecule has 0 saturated carbocycles. The zero-order valence-corrected chi connectivity index (χ0v) is 45.6. The molecular weight excluding hydrogens is 841 g/mol. The van der Waals surface area contributed by atoms with Gasteiger partial charge >= 0.3 is 17.9 Å². The van der Waals surface area contributed by atoms with E-state index in [9.17, 15) is 14.4 Å². The molecule has 0 aliphatic carbocycles. The van der Waals surface area contributed by atoms with Gasteiger partial charge in [0.2, 0.25) is 0 Å². The van der Waals surface area contributed by atoms with Crippen molar-refractivity contribution < 1.29 is 28.6 Å². The van der Waals surface area contributed by atoms with Gasteiger partial charge in [-0.3, -0.25) is 14.4 Å². The normalized spacial score (nSPS) is 12.2. The fourth-order valence-electron chi connectivity index (χ4n) is 8.86. The van der Waals surface area contributed by atoms with Gasteiger partial charge in [0.15, 0.2) is 6.10 Å². The minimum atomic E-state index is -0.765. The number of unbranched alkanes of at least 4 members (excludes halogenated alkanes) is 38. The van der Waals surface area contributed by atoms with Crippen molar-refractivity contribution in [1.82, 2.24) is 0 Å². The number of ether oxygens (including phenoxy) is 3. The second-order valence-electron chi connectivity index (χ2n) is 20.3. The van der Waals surface area contributed by atoms with Crippen LogP contribution < -0.4 is 0 Å². The number of hydrogen-bond donors (Lipinski definition) is 0. The van der Waals surface area contributed by atoms with Gasteiger partial charge < -0.3 is 14.2 Å². The standard InChI is InChI=1S/C62H114O6/c1-4-7-10-13-16-18-20-22-24-25-26-27-28-29-30-31-32-33-34-35-36-37-39-40-42-44-46-49-52-55-61(64)67-58-59(57-66-60(63)54-51-48-15-12-9-6-3)68-62(65)56-53-50-47-45-43-41-38-23-21-19-17-14-11-8-5-2/h20,22,25-26,28-29,59H,4-19,21,23-24,27,30-58H2,1-3H3/b22-20-,26-25-,29-28-. The van der Waals surface area contributed by atoms with E-state index >= 15 is 0 Å². The first kappa shape index (κ1) is 65.6. The van der Waals surface area contributed by atoms with Crippen LogP contribution in [0.1, 0.15) is 323 Å². The maximum absolute atomic E-state index is 12.8. The highest BCUT2D eigenvalue weighted by atomic mass is 16.6. The zero-order valence-electron chi connectivity index (χ0n) is 45.6. The SMILES string of the molecule is CCCCCCC/C=C\C/C=C\C/C=C\CCCCCCCCCCCCCCCCC(=O)OCC(COC(=O)CCCCCCCC)OC(=O)CCCCCCCCCCCCCCCCC. The maximum atomic E-state index is 12.8. The Labute approximate surface area is 423 Å². The second-order valence-corrected chi connectivity index (χ2v) is 20.3. The summed E-state index contributed by atoms with van der Waals surface area (Å²) in [7, 11) is 0. The maximum Gasteiger partial charge on any atom is 0.306 e. The Hall–Kier alpha value is -2.37. The van der Waals surface area contributed by atoms with Crippen LogP contribution in [0.2, 0.25) is 0 Å². The van der Waals surface area contributed by atoms with Crippen molar-refractivity contribution in [3.63, 3.8) is 0 Å². The largest absolute Gasteiger partial charge is 0.462 e. The molecule has 68 heavy (non-hydrogen) atoms. The van der Waals surface area contributed by atoms with Crippen LogP contribution in [0.5, 0.6) is 0 Å². The number of esters is 3. The molecule has 6 nitrogen and oxygen atoms in total. The molecule has 0 aliphatic heterocycles. The van der Waals surface area contributed by atoms with E-state index in [0.717, 1.165) is 70.6 Å². The van der Waals surface area contributed by atoms with E-state index in [1.165, 1.54) is 212 Å². The molecule has 0 spiro atoms. The number of rotatable bonds is 55. The summed E-state index contributed by atoms with van der Waals surface area (Å²) in [5.41, 5.74) is 0. The van der Waals surface area contributed by atoms with Crippen LogP contribution in [0, 0.1) is 0 Å². The average molecular weight is 956 g/mol. The quantitative estimate of drug-likeness (QED) is 0.0262. The summed E-state index contributed by atoms with van der Waals surface area (Å²) < 4.78 is 16.8. The predicted octanol–water partition coefficient (Wildman–Crippen LogP) is 20.0. The molecule has 0 aliphatic rings. The van der Waals surface area contributed by atoms with Gasteiger partial charge in [-0.05, 0) is 57.8 Å². The third kappa shape index (κ3) is 54.6. The monoisotopic (exact) mass is 955 g/mol. The molecule has 0 N–H and O–H groups in total. The Morgan fingerprint density at radius 2 is 0.529 bits per heavy atom.